The highest BCUT2D eigenvalue weighted by Gasteiger charge is 2.17. The fraction of sp³-hybridized carbons (Fsp3) is 0.467. The predicted molar refractivity (Wildman–Crippen MR) is 74.9 cm³/mol. The van der Waals surface area contributed by atoms with Gasteiger partial charge in [0.2, 0.25) is 11.8 Å². The number of nitrogens with one attached hydrogen (secondary N) is 1. The van der Waals surface area contributed by atoms with Crippen molar-refractivity contribution in [3.8, 4) is 0 Å². The van der Waals surface area contributed by atoms with Crippen molar-refractivity contribution >= 4 is 11.8 Å². The molecule has 0 atom stereocenters. The minimum absolute atomic E-state index is 0.0307. The first-order chi connectivity index (χ1) is 9.75. The van der Waals surface area contributed by atoms with E-state index in [1.165, 1.54) is 0 Å². The largest absolute Gasteiger partial charge is 0.378 e. The van der Waals surface area contributed by atoms with E-state index in [2.05, 4.69) is 5.32 Å². The van der Waals surface area contributed by atoms with E-state index in [-0.39, 0.29) is 24.7 Å². The first kappa shape index (κ1) is 14.5. The predicted octanol–water partition coefficient (Wildman–Crippen LogP) is 0.942. The van der Waals surface area contributed by atoms with E-state index in [9.17, 15) is 9.59 Å². The summed E-state index contributed by atoms with van der Waals surface area (Å²) >= 11 is 0. The topological polar surface area (TPSA) is 58.6 Å². The van der Waals surface area contributed by atoms with Crippen LogP contribution in [0.1, 0.15) is 18.4 Å². The van der Waals surface area contributed by atoms with Crippen molar-refractivity contribution in [1.29, 1.82) is 0 Å². The Morgan fingerprint density at radius 1 is 1.10 bits per heavy atom. The summed E-state index contributed by atoms with van der Waals surface area (Å²) in [4.78, 5) is 25.3. The summed E-state index contributed by atoms with van der Waals surface area (Å²) < 4.78 is 5.19. The number of hydrogen-bond donors (Lipinski definition) is 1. The number of hydrogen-bond acceptors (Lipinski definition) is 3. The lowest BCUT2D eigenvalue weighted by molar-refractivity contribution is -0.137. The zero-order chi connectivity index (χ0) is 14.2. The zero-order valence-corrected chi connectivity index (χ0v) is 11.5. The van der Waals surface area contributed by atoms with Crippen LogP contribution in [0.15, 0.2) is 30.3 Å². The maximum atomic E-state index is 11.9. The Balaban J connectivity index is 1.65. The molecule has 0 bridgehead atoms. The first-order valence-electron chi connectivity index (χ1n) is 6.92. The molecule has 2 rings (SSSR count). The van der Waals surface area contributed by atoms with Gasteiger partial charge in [0, 0.05) is 32.5 Å². The van der Waals surface area contributed by atoms with Crippen LogP contribution in [0.5, 0.6) is 0 Å². The second-order valence-electron chi connectivity index (χ2n) is 4.76. The van der Waals surface area contributed by atoms with Crippen LogP contribution in [0.3, 0.4) is 0 Å². The SMILES string of the molecule is O=C(CCC(=O)N1CCOCC1)NCc1ccccc1. The van der Waals surface area contributed by atoms with Crippen molar-refractivity contribution in [3.63, 3.8) is 0 Å². The Hall–Kier alpha value is -1.88. The molecule has 5 heteroatoms. The maximum absolute atomic E-state index is 11.9. The number of rotatable bonds is 5. The van der Waals surface area contributed by atoms with Gasteiger partial charge < -0.3 is 15.0 Å². The molecule has 1 aliphatic rings. The molecule has 1 N–H and O–H groups in total. The van der Waals surface area contributed by atoms with Gasteiger partial charge in [-0.2, -0.15) is 0 Å². The fourth-order valence-corrected chi connectivity index (χ4v) is 2.08. The summed E-state index contributed by atoms with van der Waals surface area (Å²) in [7, 11) is 0. The maximum Gasteiger partial charge on any atom is 0.223 e. The van der Waals surface area contributed by atoms with Gasteiger partial charge in [-0.1, -0.05) is 30.3 Å². The van der Waals surface area contributed by atoms with Gasteiger partial charge in [0.15, 0.2) is 0 Å². The van der Waals surface area contributed by atoms with Gasteiger partial charge in [-0.15, -0.1) is 0 Å². The summed E-state index contributed by atoms with van der Waals surface area (Å²) in [5.41, 5.74) is 1.06. The Kier molecular flexibility index (Phi) is 5.55. The van der Waals surface area contributed by atoms with Crippen LogP contribution in [0.2, 0.25) is 0 Å². The Morgan fingerprint density at radius 3 is 2.50 bits per heavy atom. The van der Waals surface area contributed by atoms with Gasteiger partial charge in [-0.3, -0.25) is 9.59 Å². The normalized spacial score (nSPS) is 14.9. The Bertz CT molecular complexity index is 442. The van der Waals surface area contributed by atoms with E-state index < -0.39 is 0 Å². The monoisotopic (exact) mass is 276 g/mol. The molecule has 20 heavy (non-hydrogen) atoms. The van der Waals surface area contributed by atoms with Crippen LogP contribution >= 0.6 is 0 Å². The molecule has 108 valence electrons. The molecule has 1 aliphatic heterocycles. The molecule has 5 nitrogen and oxygen atoms in total. The van der Waals surface area contributed by atoms with Crippen molar-refractivity contribution in [2.45, 2.75) is 19.4 Å². The number of carbonyl (C=O) groups excluding carboxylic acids is 2. The van der Waals surface area contributed by atoms with Crippen molar-refractivity contribution in [2.75, 3.05) is 26.3 Å². The molecule has 0 spiro atoms. The summed E-state index contributed by atoms with van der Waals surface area (Å²) in [6, 6.07) is 9.72. The van der Waals surface area contributed by atoms with Gasteiger partial charge in [0.25, 0.3) is 0 Å². The van der Waals surface area contributed by atoms with Gasteiger partial charge in [0.1, 0.15) is 0 Å². The third kappa shape index (κ3) is 4.66. The molecule has 1 saturated heterocycles. The number of amides is 2. The lowest BCUT2D eigenvalue weighted by Gasteiger charge is -2.26. The van der Waals surface area contributed by atoms with Crippen molar-refractivity contribution < 1.29 is 14.3 Å². The lowest BCUT2D eigenvalue weighted by Crippen LogP contribution is -2.41. The zero-order valence-electron chi connectivity index (χ0n) is 11.5. The molecule has 1 aromatic rings. The van der Waals surface area contributed by atoms with Gasteiger partial charge in [-0.25, -0.2) is 0 Å². The number of nitrogens with zero attached hydrogens (tertiary/aromatic N) is 1. The van der Waals surface area contributed by atoms with Crippen molar-refractivity contribution in [3.05, 3.63) is 35.9 Å². The standard InChI is InChI=1S/C15H20N2O3/c18-14(16-12-13-4-2-1-3-5-13)6-7-15(19)17-8-10-20-11-9-17/h1-5H,6-12H2,(H,16,18). The molecule has 0 aliphatic carbocycles. The van der Waals surface area contributed by atoms with Crippen LogP contribution in [0.4, 0.5) is 0 Å². The molecule has 1 heterocycles. The van der Waals surface area contributed by atoms with Gasteiger partial charge in [-0.05, 0) is 5.56 Å². The van der Waals surface area contributed by atoms with Crippen LogP contribution in [-0.4, -0.2) is 43.0 Å². The lowest BCUT2D eigenvalue weighted by atomic mass is 10.2. The molecule has 1 fully saturated rings. The number of carbonyl (C=O) groups is 2. The molecule has 2 amide bonds. The summed E-state index contributed by atoms with van der Waals surface area (Å²) in [6.45, 7) is 2.94. The molecule has 0 aromatic heterocycles. The smallest absolute Gasteiger partial charge is 0.223 e. The van der Waals surface area contributed by atoms with E-state index in [1.54, 1.807) is 4.90 Å². The molecule has 0 unspecified atom stereocenters. The summed E-state index contributed by atoms with van der Waals surface area (Å²) in [5.74, 6) is -0.0568. The minimum atomic E-state index is -0.0875. The molecular weight excluding hydrogens is 256 g/mol. The van der Waals surface area contributed by atoms with E-state index >= 15 is 0 Å². The van der Waals surface area contributed by atoms with Crippen LogP contribution in [-0.2, 0) is 20.9 Å². The third-order valence-corrected chi connectivity index (χ3v) is 3.26. The molecule has 0 saturated carbocycles. The molecule has 0 radical (unpaired) electrons. The van der Waals surface area contributed by atoms with Crippen molar-refractivity contribution in [2.24, 2.45) is 0 Å². The second-order valence-corrected chi connectivity index (χ2v) is 4.76. The summed E-state index contributed by atoms with van der Waals surface area (Å²) in [6.07, 6.45) is 0.504. The highest BCUT2D eigenvalue weighted by Crippen LogP contribution is 2.03. The number of benzene rings is 1. The van der Waals surface area contributed by atoms with E-state index in [4.69, 9.17) is 4.74 Å². The molecular formula is C15H20N2O3. The Morgan fingerprint density at radius 2 is 1.80 bits per heavy atom. The van der Waals surface area contributed by atoms with Gasteiger partial charge >= 0.3 is 0 Å². The third-order valence-electron chi connectivity index (χ3n) is 3.26. The summed E-state index contributed by atoms with van der Waals surface area (Å²) in [5, 5.41) is 2.82. The van der Waals surface area contributed by atoms with E-state index in [1.807, 2.05) is 30.3 Å². The average molecular weight is 276 g/mol. The van der Waals surface area contributed by atoms with E-state index in [0.717, 1.165) is 5.56 Å². The van der Waals surface area contributed by atoms with Gasteiger partial charge in [0.05, 0.1) is 13.2 Å². The second kappa shape index (κ2) is 7.65. The van der Waals surface area contributed by atoms with E-state index in [0.29, 0.717) is 32.8 Å². The fourth-order valence-electron chi connectivity index (χ4n) is 2.08. The number of ether oxygens (including phenoxy) is 1. The minimum Gasteiger partial charge on any atom is -0.378 e. The number of morpholine rings is 1. The quantitative estimate of drug-likeness (QED) is 0.871. The van der Waals surface area contributed by atoms with Crippen molar-refractivity contribution in [1.82, 2.24) is 10.2 Å². The Labute approximate surface area is 118 Å². The average Bonchev–Trinajstić information content (AvgIpc) is 2.52. The molecule has 1 aromatic carbocycles. The highest BCUT2D eigenvalue weighted by atomic mass is 16.5. The van der Waals surface area contributed by atoms with Crippen LogP contribution < -0.4 is 5.32 Å². The van der Waals surface area contributed by atoms with Crippen LogP contribution in [0, 0.1) is 0 Å². The first-order valence-corrected chi connectivity index (χ1v) is 6.92. The van der Waals surface area contributed by atoms with Crippen LogP contribution in [0.25, 0.3) is 0 Å². The highest BCUT2D eigenvalue weighted by molar-refractivity contribution is 5.83.